The summed E-state index contributed by atoms with van der Waals surface area (Å²) in [5.74, 6) is -1.11. The Morgan fingerprint density at radius 2 is 1.77 bits per heavy atom. The fourth-order valence-electron chi connectivity index (χ4n) is 3.39. The number of hydrogen-bond acceptors (Lipinski definition) is 4. The van der Waals surface area contributed by atoms with Crippen LogP contribution in [-0.2, 0) is 25.5 Å². The lowest BCUT2D eigenvalue weighted by Gasteiger charge is -2.36. The predicted octanol–water partition coefficient (Wildman–Crippen LogP) is 1.67. The van der Waals surface area contributed by atoms with Crippen molar-refractivity contribution in [2.24, 2.45) is 5.41 Å². The molecule has 7 nitrogen and oxygen atoms in total. The second-order valence-corrected chi connectivity index (χ2v) is 7.03. The molecule has 7 heteroatoms. The molecule has 1 aliphatic heterocycles. The maximum absolute atomic E-state index is 12.2. The van der Waals surface area contributed by atoms with Gasteiger partial charge in [-0.05, 0) is 30.5 Å². The lowest BCUT2D eigenvalue weighted by Crippen LogP contribution is -2.41. The van der Waals surface area contributed by atoms with Crippen molar-refractivity contribution in [3.63, 3.8) is 0 Å². The van der Waals surface area contributed by atoms with E-state index in [-0.39, 0.29) is 18.2 Å². The molecule has 0 unspecified atom stereocenters. The number of rotatable bonds is 6. The molecule has 0 spiro atoms. The van der Waals surface area contributed by atoms with Crippen molar-refractivity contribution in [2.75, 3.05) is 31.6 Å². The third kappa shape index (κ3) is 4.22. The number of aliphatic carboxylic acids is 1. The minimum atomic E-state index is -0.894. The number of carbonyl (C=O) groups is 3. The van der Waals surface area contributed by atoms with Crippen molar-refractivity contribution < 1.29 is 24.2 Å². The molecule has 1 saturated heterocycles. The first-order chi connectivity index (χ1) is 12.5. The summed E-state index contributed by atoms with van der Waals surface area (Å²) in [6.45, 7) is 2.40. The van der Waals surface area contributed by atoms with Gasteiger partial charge in [0.2, 0.25) is 11.8 Å². The standard InChI is InChI=1S/C19H24N2O5/c22-16(13-19(18(24)25)6-1-7-19)20-15-4-2-14(3-5-15)12-17(23)21-8-10-26-11-9-21/h2-5H,1,6-13H2,(H,20,22)(H,24,25). The van der Waals surface area contributed by atoms with E-state index >= 15 is 0 Å². The summed E-state index contributed by atoms with van der Waals surface area (Å²) < 4.78 is 5.24. The third-order valence-electron chi connectivity index (χ3n) is 5.22. The molecule has 3 rings (SSSR count). The van der Waals surface area contributed by atoms with E-state index in [4.69, 9.17) is 4.74 Å². The maximum Gasteiger partial charge on any atom is 0.310 e. The van der Waals surface area contributed by atoms with Gasteiger partial charge in [0, 0.05) is 25.2 Å². The fourth-order valence-corrected chi connectivity index (χ4v) is 3.39. The number of nitrogens with one attached hydrogen (secondary N) is 1. The molecule has 140 valence electrons. The van der Waals surface area contributed by atoms with Gasteiger partial charge < -0.3 is 20.1 Å². The van der Waals surface area contributed by atoms with Gasteiger partial charge in [-0.15, -0.1) is 0 Å². The average Bonchev–Trinajstić information content (AvgIpc) is 2.60. The summed E-state index contributed by atoms with van der Waals surface area (Å²) in [5.41, 5.74) is 0.590. The van der Waals surface area contributed by atoms with Crippen molar-refractivity contribution in [1.82, 2.24) is 4.90 Å². The van der Waals surface area contributed by atoms with Crippen LogP contribution in [0.2, 0.25) is 0 Å². The summed E-state index contributed by atoms with van der Waals surface area (Å²) in [4.78, 5) is 37.5. The Morgan fingerprint density at radius 1 is 1.12 bits per heavy atom. The van der Waals surface area contributed by atoms with Crippen molar-refractivity contribution in [3.8, 4) is 0 Å². The monoisotopic (exact) mass is 360 g/mol. The summed E-state index contributed by atoms with van der Waals surface area (Å²) in [6, 6.07) is 7.11. The summed E-state index contributed by atoms with van der Waals surface area (Å²) in [6.07, 6.45) is 2.28. The van der Waals surface area contributed by atoms with Gasteiger partial charge in [0.1, 0.15) is 0 Å². The molecule has 1 aliphatic carbocycles. The SMILES string of the molecule is O=C(CC1(C(=O)O)CCC1)Nc1ccc(CC(=O)N2CCOCC2)cc1. The molecule has 1 aromatic carbocycles. The maximum atomic E-state index is 12.2. The normalized spacial score (nSPS) is 18.7. The van der Waals surface area contributed by atoms with Crippen LogP contribution >= 0.6 is 0 Å². The van der Waals surface area contributed by atoms with Crippen molar-refractivity contribution in [3.05, 3.63) is 29.8 Å². The van der Waals surface area contributed by atoms with Crippen molar-refractivity contribution in [1.29, 1.82) is 0 Å². The van der Waals surface area contributed by atoms with E-state index in [2.05, 4.69) is 5.32 Å². The molecule has 2 fully saturated rings. The Hall–Kier alpha value is -2.41. The molecule has 1 aromatic rings. The second kappa shape index (κ2) is 7.86. The summed E-state index contributed by atoms with van der Waals surface area (Å²) >= 11 is 0. The molecule has 0 radical (unpaired) electrons. The van der Waals surface area contributed by atoms with Gasteiger partial charge in [-0.25, -0.2) is 0 Å². The molecule has 0 aromatic heterocycles. The molecule has 0 atom stereocenters. The highest BCUT2D eigenvalue weighted by molar-refractivity contribution is 5.94. The Labute approximate surface area is 152 Å². The largest absolute Gasteiger partial charge is 0.481 e. The molecule has 2 N–H and O–H groups in total. The van der Waals surface area contributed by atoms with Crippen LogP contribution in [0.15, 0.2) is 24.3 Å². The molecule has 2 amide bonds. The van der Waals surface area contributed by atoms with E-state index in [9.17, 15) is 19.5 Å². The number of ether oxygens (including phenoxy) is 1. The first kappa shape index (κ1) is 18.4. The molecule has 2 aliphatic rings. The number of carbonyl (C=O) groups excluding carboxylic acids is 2. The minimum absolute atomic E-state index is 0.000395. The zero-order valence-electron chi connectivity index (χ0n) is 14.7. The van der Waals surface area contributed by atoms with Crippen molar-refractivity contribution in [2.45, 2.75) is 32.1 Å². The van der Waals surface area contributed by atoms with Gasteiger partial charge in [-0.3, -0.25) is 14.4 Å². The Morgan fingerprint density at radius 3 is 2.31 bits per heavy atom. The number of hydrogen-bond donors (Lipinski definition) is 2. The average molecular weight is 360 g/mol. The van der Waals surface area contributed by atoms with Gasteiger partial charge in [-0.2, -0.15) is 0 Å². The van der Waals surface area contributed by atoms with Crippen LogP contribution in [0.5, 0.6) is 0 Å². The second-order valence-electron chi connectivity index (χ2n) is 7.03. The topological polar surface area (TPSA) is 95.9 Å². The third-order valence-corrected chi connectivity index (χ3v) is 5.22. The molecule has 1 saturated carbocycles. The predicted molar refractivity (Wildman–Crippen MR) is 94.7 cm³/mol. The highest BCUT2D eigenvalue weighted by Crippen LogP contribution is 2.44. The molecular formula is C19H24N2O5. The smallest absolute Gasteiger partial charge is 0.310 e. The Bertz CT molecular complexity index is 676. The lowest BCUT2D eigenvalue weighted by atomic mass is 9.66. The van der Waals surface area contributed by atoms with Crippen LogP contribution < -0.4 is 5.32 Å². The van der Waals surface area contributed by atoms with E-state index in [0.29, 0.717) is 51.3 Å². The van der Waals surface area contributed by atoms with Gasteiger partial charge in [-0.1, -0.05) is 18.6 Å². The van der Waals surface area contributed by atoms with Crippen LogP contribution in [0, 0.1) is 5.41 Å². The Kier molecular flexibility index (Phi) is 5.56. The number of carboxylic acids is 1. The minimum Gasteiger partial charge on any atom is -0.481 e. The van der Waals surface area contributed by atoms with Gasteiger partial charge in [0.05, 0.1) is 25.0 Å². The first-order valence-corrected chi connectivity index (χ1v) is 8.96. The van der Waals surface area contributed by atoms with E-state index in [0.717, 1.165) is 12.0 Å². The number of anilines is 1. The van der Waals surface area contributed by atoms with E-state index in [1.807, 2.05) is 12.1 Å². The van der Waals surface area contributed by atoms with Crippen LogP contribution in [0.1, 0.15) is 31.2 Å². The van der Waals surface area contributed by atoms with Crippen molar-refractivity contribution >= 4 is 23.5 Å². The highest BCUT2D eigenvalue weighted by Gasteiger charge is 2.45. The number of morpholine rings is 1. The summed E-state index contributed by atoms with van der Waals surface area (Å²) in [5, 5.41) is 12.1. The van der Waals surface area contributed by atoms with Crippen LogP contribution in [-0.4, -0.2) is 54.1 Å². The number of carboxylic acid groups (broad SMARTS) is 1. The van der Waals surface area contributed by atoms with Crippen LogP contribution in [0.4, 0.5) is 5.69 Å². The van der Waals surface area contributed by atoms with Crippen LogP contribution in [0.25, 0.3) is 0 Å². The highest BCUT2D eigenvalue weighted by atomic mass is 16.5. The van der Waals surface area contributed by atoms with E-state index < -0.39 is 11.4 Å². The van der Waals surface area contributed by atoms with E-state index in [1.54, 1.807) is 17.0 Å². The summed E-state index contributed by atoms with van der Waals surface area (Å²) in [7, 11) is 0. The fraction of sp³-hybridized carbons (Fsp3) is 0.526. The quantitative estimate of drug-likeness (QED) is 0.804. The zero-order chi connectivity index (χ0) is 18.6. The van der Waals surface area contributed by atoms with Gasteiger partial charge in [0.15, 0.2) is 0 Å². The van der Waals surface area contributed by atoms with E-state index in [1.165, 1.54) is 0 Å². The number of amides is 2. The van der Waals surface area contributed by atoms with Gasteiger partial charge in [0.25, 0.3) is 0 Å². The number of nitrogens with zero attached hydrogens (tertiary/aromatic N) is 1. The molecule has 1 heterocycles. The molecule has 0 bridgehead atoms. The van der Waals surface area contributed by atoms with Gasteiger partial charge >= 0.3 is 5.97 Å². The molecular weight excluding hydrogens is 336 g/mol. The van der Waals surface area contributed by atoms with Crippen LogP contribution in [0.3, 0.4) is 0 Å². The lowest BCUT2D eigenvalue weighted by molar-refractivity contribution is -0.157. The first-order valence-electron chi connectivity index (χ1n) is 8.96. The Balaban J connectivity index is 1.51. The number of benzene rings is 1. The zero-order valence-corrected chi connectivity index (χ0v) is 14.7. The molecule has 26 heavy (non-hydrogen) atoms.